The van der Waals surface area contributed by atoms with E-state index in [1.54, 1.807) is 0 Å². The number of hydrogen-bond donors (Lipinski definition) is 2. The van der Waals surface area contributed by atoms with Crippen molar-refractivity contribution in [1.82, 2.24) is 0 Å². The molecule has 0 fully saturated rings. The van der Waals surface area contributed by atoms with Gasteiger partial charge in [-0.1, -0.05) is 25.1 Å². The Balaban J connectivity index is 2.05. The molecule has 17 heavy (non-hydrogen) atoms. The van der Waals surface area contributed by atoms with Gasteiger partial charge in [-0.25, -0.2) is 0 Å². The van der Waals surface area contributed by atoms with E-state index in [1.165, 1.54) is 17.7 Å². The summed E-state index contributed by atoms with van der Waals surface area (Å²) in [7, 11) is 0. The average molecular weight is 231 g/mol. The number of anilines is 1. The van der Waals surface area contributed by atoms with E-state index < -0.39 is 0 Å². The lowest BCUT2D eigenvalue weighted by Gasteiger charge is -2.34. The van der Waals surface area contributed by atoms with Gasteiger partial charge in [-0.2, -0.15) is 0 Å². The van der Waals surface area contributed by atoms with Crippen LogP contribution in [0.15, 0.2) is 24.3 Å². The van der Waals surface area contributed by atoms with E-state index in [-0.39, 0.29) is 0 Å². The van der Waals surface area contributed by atoms with E-state index in [9.17, 15) is 0 Å². The zero-order valence-corrected chi connectivity index (χ0v) is 10.4. The van der Waals surface area contributed by atoms with Crippen LogP contribution < -0.4 is 10.6 Å². The van der Waals surface area contributed by atoms with Gasteiger partial charge in [0.05, 0.1) is 5.84 Å². The van der Waals surface area contributed by atoms with Crippen LogP contribution in [0.5, 0.6) is 0 Å². The third-order valence-electron chi connectivity index (χ3n) is 3.31. The standard InChI is InChI=1S/C14H21N3/c1-11-9-12-5-2-3-6-13(12)17(10-11)8-4-7-14(15)16/h2-3,5-6,11H,4,7-10H2,1H3,(H3,15,16). The van der Waals surface area contributed by atoms with Gasteiger partial charge in [0, 0.05) is 25.2 Å². The van der Waals surface area contributed by atoms with Crippen molar-refractivity contribution in [3.8, 4) is 0 Å². The van der Waals surface area contributed by atoms with Crippen LogP contribution in [-0.4, -0.2) is 18.9 Å². The lowest BCUT2D eigenvalue weighted by Crippen LogP contribution is -2.35. The molecular weight excluding hydrogens is 210 g/mol. The van der Waals surface area contributed by atoms with Gasteiger partial charge in [0.2, 0.25) is 0 Å². The van der Waals surface area contributed by atoms with Crippen LogP contribution in [0.3, 0.4) is 0 Å². The maximum absolute atomic E-state index is 7.26. The molecule has 3 heteroatoms. The van der Waals surface area contributed by atoms with Crippen molar-refractivity contribution < 1.29 is 0 Å². The first kappa shape index (κ1) is 12.0. The second-order valence-corrected chi connectivity index (χ2v) is 5.01. The van der Waals surface area contributed by atoms with E-state index in [0.717, 1.165) is 19.5 Å². The number of para-hydroxylation sites is 1. The molecule has 1 aromatic rings. The van der Waals surface area contributed by atoms with Crippen molar-refractivity contribution in [2.75, 3.05) is 18.0 Å². The average Bonchev–Trinajstić information content (AvgIpc) is 2.28. The largest absolute Gasteiger partial charge is 0.388 e. The molecule has 0 bridgehead atoms. The van der Waals surface area contributed by atoms with E-state index in [4.69, 9.17) is 11.1 Å². The first-order chi connectivity index (χ1) is 8.16. The molecule has 3 N–H and O–H groups in total. The zero-order valence-electron chi connectivity index (χ0n) is 10.4. The van der Waals surface area contributed by atoms with Crippen LogP contribution in [0.1, 0.15) is 25.3 Å². The van der Waals surface area contributed by atoms with E-state index >= 15 is 0 Å². The van der Waals surface area contributed by atoms with Gasteiger partial charge >= 0.3 is 0 Å². The van der Waals surface area contributed by atoms with Crippen LogP contribution in [0, 0.1) is 11.3 Å². The van der Waals surface area contributed by atoms with Gasteiger partial charge in [0.1, 0.15) is 0 Å². The Morgan fingerprint density at radius 2 is 2.24 bits per heavy atom. The molecule has 0 aliphatic carbocycles. The number of nitrogens with two attached hydrogens (primary N) is 1. The molecule has 0 spiro atoms. The first-order valence-electron chi connectivity index (χ1n) is 6.32. The topological polar surface area (TPSA) is 53.1 Å². The Kier molecular flexibility index (Phi) is 3.67. The Morgan fingerprint density at radius 3 is 3.00 bits per heavy atom. The third-order valence-corrected chi connectivity index (χ3v) is 3.31. The molecule has 0 amide bonds. The Bertz CT molecular complexity index is 400. The van der Waals surface area contributed by atoms with Crippen molar-refractivity contribution in [3.63, 3.8) is 0 Å². The highest BCUT2D eigenvalue weighted by atomic mass is 15.1. The molecule has 0 radical (unpaired) electrons. The van der Waals surface area contributed by atoms with E-state index in [1.807, 2.05) is 0 Å². The number of rotatable bonds is 4. The summed E-state index contributed by atoms with van der Waals surface area (Å²) in [5.41, 5.74) is 8.22. The maximum atomic E-state index is 7.26. The molecular formula is C14H21N3. The number of benzene rings is 1. The second-order valence-electron chi connectivity index (χ2n) is 5.01. The molecule has 0 saturated carbocycles. The first-order valence-corrected chi connectivity index (χ1v) is 6.32. The minimum absolute atomic E-state index is 0.295. The summed E-state index contributed by atoms with van der Waals surface area (Å²) >= 11 is 0. The van der Waals surface area contributed by atoms with Crippen LogP contribution >= 0.6 is 0 Å². The highest BCUT2D eigenvalue weighted by Crippen LogP contribution is 2.29. The van der Waals surface area contributed by atoms with Gasteiger partial charge in [-0.05, 0) is 30.4 Å². The van der Waals surface area contributed by atoms with Gasteiger partial charge < -0.3 is 10.6 Å². The molecule has 0 aromatic heterocycles. The number of amidine groups is 1. The lowest BCUT2D eigenvalue weighted by atomic mass is 9.94. The summed E-state index contributed by atoms with van der Waals surface area (Å²) in [6, 6.07) is 8.65. The Labute approximate surface area is 103 Å². The highest BCUT2D eigenvalue weighted by molar-refractivity contribution is 5.76. The van der Waals surface area contributed by atoms with E-state index in [0.29, 0.717) is 18.2 Å². The van der Waals surface area contributed by atoms with Crippen LogP contribution in [0.4, 0.5) is 5.69 Å². The molecule has 3 nitrogen and oxygen atoms in total. The summed E-state index contributed by atoms with van der Waals surface area (Å²) in [6.07, 6.45) is 2.85. The number of hydrogen-bond acceptors (Lipinski definition) is 2. The Hall–Kier alpha value is -1.51. The number of fused-ring (bicyclic) bond motifs is 1. The third kappa shape index (κ3) is 2.99. The van der Waals surface area contributed by atoms with Gasteiger partial charge in [-0.15, -0.1) is 0 Å². The number of nitrogens with zero attached hydrogens (tertiary/aromatic N) is 1. The van der Waals surface area contributed by atoms with E-state index in [2.05, 4.69) is 36.1 Å². The monoisotopic (exact) mass is 231 g/mol. The number of nitrogens with one attached hydrogen (secondary N) is 1. The molecule has 92 valence electrons. The molecule has 1 aromatic carbocycles. The quantitative estimate of drug-likeness (QED) is 0.617. The van der Waals surface area contributed by atoms with Crippen molar-refractivity contribution in [3.05, 3.63) is 29.8 Å². The minimum Gasteiger partial charge on any atom is -0.388 e. The van der Waals surface area contributed by atoms with Crippen LogP contribution in [0.25, 0.3) is 0 Å². The summed E-state index contributed by atoms with van der Waals surface area (Å²) < 4.78 is 0. The summed E-state index contributed by atoms with van der Waals surface area (Å²) in [4.78, 5) is 2.44. The maximum Gasteiger partial charge on any atom is 0.0905 e. The SMILES string of the molecule is CC1Cc2ccccc2N(CCCC(=N)N)C1. The molecule has 1 aliphatic rings. The fourth-order valence-electron chi connectivity index (χ4n) is 2.58. The summed E-state index contributed by atoms with van der Waals surface area (Å²) in [6.45, 7) is 4.42. The fraction of sp³-hybridized carbons (Fsp3) is 0.500. The van der Waals surface area contributed by atoms with Crippen LogP contribution in [0.2, 0.25) is 0 Å². The lowest BCUT2D eigenvalue weighted by molar-refractivity contribution is 0.528. The van der Waals surface area contributed by atoms with Gasteiger partial charge in [0.25, 0.3) is 0 Å². The molecule has 1 unspecified atom stereocenters. The van der Waals surface area contributed by atoms with Crippen molar-refractivity contribution >= 4 is 11.5 Å². The van der Waals surface area contributed by atoms with Crippen molar-refractivity contribution in [1.29, 1.82) is 5.41 Å². The predicted molar refractivity (Wildman–Crippen MR) is 72.7 cm³/mol. The van der Waals surface area contributed by atoms with Crippen LogP contribution in [-0.2, 0) is 6.42 Å². The smallest absolute Gasteiger partial charge is 0.0905 e. The predicted octanol–water partition coefficient (Wildman–Crippen LogP) is 2.40. The normalized spacial score (nSPS) is 18.9. The summed E-state index contributed by atoms with van der Waals surface area (Å²) in [5, 5.41) is 7.26. The van der Waals surface area contributed by atoms with Gasteiger partial charge in [-0.3, -0.25) is 5.41 Å². The van der Waals surface area contributed by atoms with Crippen molar-refractivity contribution in [2.24, 2.45) is 11.7 Å². The molecule has 0 saturated heterocycles. The summed E-state index contributed by atoms with van der Waals surface area (Å²) in [5.74, 6) is 1.01. The molecule has 2 rings (SSSR count). The Morgan fingerprint density at radius 1 is 1.47 bits per heavy atom. The molecule has 1 aliphatic heterocycles. The second kappa shape index (κ2) is 5.21. The molecule has 1 heterocycles. The van der Waals surface area contributed by atoms with Crippen molar-refractivity contribution in [2.45, 2.75) is 26.2 Å². The zero-order chi connectivity index (χ0) is 12.3. The fourth-order valence-corrected chi connectivity index (χ4v) is 2.58. The van der Waals surface area contributed by atoms with Gasteiger partial charge in [0.15, 0.2) is 0 Å². The molecule has 1 atom stereocenters. The minimum atomic E-state index is 0.295. The highest BCUT2D eigenvalue weighted by Gasteiger charge is 2.20.